The van der Waals surface area contributed by atoms with Crippen molar-refractivity contribution in [3.63, 3.8) is 0 Å². The highest BCUT2D eigenvalue weighted by atomic mass is 32.2. The average Bonchev–Trinajstić information content (AvgIpc) is 2.76. The number of carbonyl (C=O) groups is 2. The predicted octanol–water partition coefficient (Wildman–Crippen LogP) is 2.67. The van der Waals surface area contributed by atoms with Crippen LogP contribution >= 0.6 is 11.8 Å². The minimum absolute atomic E-state index is 0.160. The van der Waals surface area contributed by atoms with Gasteiger partial charge in [0.05, 0.1) is 7.11 Å². The Morgan fingerprint density at radius 1 is 1.22 bits per heavy atom. The third-order valence-electron chi connectivity index (χ3n) is 3.03. The Bertz CT molecular complexity index is 663. The summed E-state index contributed by atoms with van der Waals surface area (Å²) in [6, 6.07) is 11.5. The molecule has 0 N–H and O–H groups in total. The van der Waals surface area contributed by atoms with Gasteiger partial charge < -0.3 is 4.74 Å². The Labute approximate surface area is 108 Å². The van der Waals surface area contributed by atoms with Crippen molar-refractivity contribution in [3.05, 3.63) is 42.0 Å². The largest absolute Gasteiger partial charge is 0.468 e. The van der Waals surface area contributed by atoms with Crippen molar-refractivity contribution in [2.24, 2.45) is 0 Å². The Balaban J connectivity index is 2.17. The molecule has 4 heteroatoms. The van der Waals surface area contributed by atoms with Crippen LogP contribution in [0.5, 0.6) is 0 Å². The van der Waals surface area contributed by atoms with Gasteiger partial charge in [0.15, 0.2) is 11.0 Å². The number of esters is 1. The minimum atomic E-state index is -0.754. The lowest BCUT2D eigenvalue weighted by Gasteiger charge is -2.03. The van der Waals surface area contributed by atoms with E-state index in [0.717, 1.165) is 15.7 Å². The summed E-state index contributed by atoms with van der Waals surface area (Å²) < 4.78 is 4.67. The maximum Gasteiger partial charge on any atom is 0.327 e. The van der Waals surface area contributed by atoms with Crippen molar-refractivity contribution < 1.29 is 14.3 Å². The van der Waals surface area contributed by atoms with Crippen LogP contribution in [0.2, 0.25) is 0 Å². The molecular weight excluding hydrogens is 248 g/mol. The summed E-state index contributed by atoms with van der Waals surface area (Å²) in [5.41, 5.74) is 0.620. The number of carbonyl (C=O) groups excluding carboxylic acids is 2. The number of hydrogen-bond donors (Lipinski definition) is 0. The van der Waals surface area contributed by atoms with Crippen LogP contribution in [0.25, 0.3) is 10.8 Å². The fourth-order valence-electron chi connectivity index (χ4n) is 2.14. The van der Waals surface area contributed by atoms with E-state index in [2.05, 4.69) is 4.74 Å². The number of fused-ring (bicyclic) bond motifs is 3. The van der Waals surface area contributed by atoms with E-state index in [0.29, 0.717) is 5.56 Å². The topological polar surface area (TPSA) is 43.4 Å². The highest BCUT2D eigenvalue weighted by Gasteiger charge is 2.38. The molecule has 1 atom stereocenters. The number of hydrogen-bond acceptors (Lipinski definition) is 4. The monoisotopic (exact) mass is 258 g/mol. The molecule has 0 aliphatic carbocycles. The average molecular weight is 258 g/mol. The van der Waals surface area contributed by atoms with Crippen LogP contribution in [0.4, 0.5) is 0 Å². The zero-order valence-corrected chi connectivity index (χ0v) is 10.5. The Hall–Kier alpha value is -1.81. The molecule has 0 saturated carbocycles. The van der Waals surface area contributed by atoms with Crippen LogP contribution in [0, 0.1) is 0 Å². The second-order valence-corrected chi connectivity index (χ2v) is 5.16. The fourth-order valence-corrected chi connectivity index (χ4v) is 3.41. The number of benzene rings is 2. The van der Waals surface area contributed by atoms with E-state index >= 15 is 0 Å². The van der Waals surface area contributed by atoms with Crippen LogP contribution in [0.1, 0.15) is 10.4 Å². The zero-order chi connectivity index (χ0) is 12.7. The second-order valence-electron chi connectivity index (χ2n) is 4.05. The normalized spacial score (nSPS) is 17.8. The van der Waals surface area contributed by atoms with E-state index in [1.807, 2.05) is 30.3 Å². The standard InChI is InChI=1S/C14H10O3S/c1-17-14(16)13-11(15)10-7-6-8-4-2-3-5-9(8)12(10)18-13/h2-7,13H,1H3. The predicted molar refractivity (Wildman–Crippen MR) is 69.9 cm³/mol. The van der Waals surface area contributed by atoms with Gasteiger partial charge in [0.2, 0.25) is 0 Å². The smallest absolute Gasteiger partial charge is 0.327 e. The van der Waals surface area contributed by atoms with Crippen molar-refractivity contribution in [2.75, 3.05) is 7.11 Å². The molecular formula is C14H10O3S. The van der Waals surface area contributed by atoms with Crippen LogP contribution in [-0.2, 0) is 9.53 Å². The first kappa shape index (κ1) is 11.3. The van der Waals surface area contributed by atoms with Crippen molar-refractivity contribution >= 4 is 34.3 Å². The molecule has 2 aromatic carbocycles. The summed E-state index contributed by atoms with van der Waals surface area (Å²) in [7, 11) is 1.30. The molecule has 2 aromatic rings. The quantitative estimate of drug-likeness (QED) is 0.582. The molecule has 90 valence electrons. The summed E-state index contributed by atoms with van der Waals surface area (Å²) in [5.74, 6) is -0.641. The SMILES string of the molecule is COC(=O)C1Sc2c(ccc3ccccc23)C1=O. The number of ketones is 1. The molecule has 1 aliphatic heterocycles. The molecule has 0 amide bonds. The highest BCUT2D eigenvalue weighted by molar-refractivity contribution is 8.02. The van der Waals surface area contributed by atoms with Crippen molar-refractivity contribution in [2.45, 2.75) is 10.1 Å². The third kappa shape index (κ3) is 1.53. The maximum atomic E-state index is 12.1. The van der Waals surface area contributed by atoms with Gasteiger partial charge in [0, 0.05) is 10.5 Å². The second kappa shape index (κ2) is 4.14. The van der Waals surface area contributed by atoms with Gasteiger partial charge in [-0.15, -0.1) is 11.8 Å². The number of Topliss-reactive ketones (excluding diaryl/α,β-unsaturated/α-hetero) is 1. The van der Waals surface area contributed by atoms with E-state index in [1.165, 1.54) is 18.9 Å². The molecule has 0 aromatic heterocycles. The summed E-state index contributed by atoms with van der Waals surface area (Å²) in [6.45, 7) is 0. The zero-order valence-electron chi connectivity index (χ0n) is 9.67. The molecule has 3 rings (SSSR count). The molecule has 0 fully saturated rings. The van der Waals surface area contributed by atoms with Crippen LogP contribution in [0.15, 0.2) is 41.3 Å². The van der Waals surface area contributed by atoms with Crippen molar-refractivity contribution in [1.29, 1.82) is 0 Å². The molecule has 0 bridgehead atoms. The molecule has 0 radical (unpaired) electrons. The lowest BCUT2D eigenvalue weighted by atomic mass is 10.0. The molecule has 18 heavy (non-hydrogen) atoms. The maximum absolute atomic E-state index is 12.1. The van der Waals surface area contributed by atoms with E-state index in [9.17, 15) is 9.59 Å². The first-order chi connectivity index (χ1) is 8.72. The summed E-state index contributed by atoms with van der Waals surface area (Å²) in [6.07, 6.45) is 0. The lowest BCUT2D eigenvalue weighted by Crippen LogP contribution is -2.24. The van der Waals surface area contributed by atoms with Gasteiger partial charge in [-0.3, -0.25) is 9.59 Å². The Morgan fingerprint density at radius 2 is 2.00 bits per heavy atom. The summed E-state index contributed by atoms with van der Waals surface area (Å²) >= 11 is 1.28. The number of rotatable bonds is 1. The molecule has 0 saturated heterocycles. The molecule has 0 spiro atoms. The van der Waals surface area contributed by atoms with Gasteiger partial charge in [-0.2, -0.15) is 0 Å². The summed E-state index contributed by atoms with van der Waals surface area (Å²) in [5, 5.41) is 1.33. The first-order valence-corrected chi connectivity index (χ1v) is 6.41. The van der Waals surface area contributed by atoms with Gasteiger partial charge in [0.25, 0.3) is 0 Å². The fraction of sp³-hybridized carbons (Fsp3) is 0.143. The molecule has 3 nitrogen and oxygen atoms in total. The van der Waals surface area contributed by atoms with Crippen LogP contribution in [0.3, 0.4) is 0 Å². The molecule has 1 heterocycles. The van der Waals surface area contributed by atoms with Gasteiger partial charge in [-0.05, 0) is 16.8 Å². The number of ether oxygens (including phenoxy) is 1. The van der Waals surface area contributed by atoms with Gasteiger partial charge >= 0.3 is 5.97 Å². The van der Waals surface area contributed by atoms with E-state index in [4.69, 9.17) is 0 Å². The first-order valence-electron chi connectivity index (χ1n) is 5.53. The molecule has 1 unspecified atom stereocenters. The van der Waals surface area contributed by atoms with E-state index < -0.39 is 11.2 Å². The van der Waals surface area contributed by atoms with E-state index in [-0.39, 0.29) is 5.78 Å². The Kier molecular flexibility index (Phi) is 2.59. The van der Waals surface area contributed by atoms with Gasteiger partial charge in [-0.25, -0.2) is 0 Å². The van der Waals surface area contributed by atoms with Crippen molar-refractivity contribution in [1.82, 2.24) is 0 Å². The van der Waals surface area contributed by atoms with Crippen LogP contribution in [-0.4, -0.2) is 24.1 Å². The van der Waals surface area contributed by atoms with Crippen LogP contribution < -0.4 is 0 Å². The van der Waals surface area contributed by atoms with Gasteiger partial charge in [-0.1, -0.05) is 30.3 Å². The highest BCUT2D eigenvalue weighted by Crippen LogP contribution is 2.41. The van der Waals surface area contributed by atoms with E-state index in [1.54, 1.807) is 6.07 Å². The number of thioether (sulfide) groups is 1. The third-order valence-corrected chi connectivity index (χ3v) is 4.35. The molecule has 1 aliphatic rings. The summed E-state index contributed by atoms with van der Waals surface area (Å²) in [4.78, 5) is 24.6. The van der Waals surface area contributed by atoms with Gasteiger partial charge in [0.1, 0.15) is 0 Å². The van der Waals surface area contributed by atoms with Crippen molar-refractivity contribution in [3.8, 4) is 0 Å². The Morgan fingerprint density at radius 3 is 2.78 bits per heavy atom. The minimum Gasteiger partial charge on any atom is -0.468 e. The number of methoxy groups -OCH3 is 1. The lowest BCUT2D eigenvalue weighted by molar-refractivity contribution is -0.138.